The number of ether oxygens (including phenoxy) is 9. The Kier molecular flexibility index (Phi) is 32.8. The summed E-state index contributed by atoms with van der Waals surface area (Å²) in [5.74, 6) is -12.3. The van der Waals surface area contributed by atoms with Crippen molar-refractivity contribution in [3.8, 4) is 0 Å². The number of hydrogen-bond donors (Lipinski definition) is 3. The van der Waals surface area contributed by atoms with E-state index in [1.807, 2.05) is 82.0 Å². The lowest BCUT2D eigenvalue weighted by Crippen LogP contribution is -2.61. The first kappa shape index (κ1) is 90.5. The van der Waals surface area contributed by atoms with Crippen LogP contribution in [0.15, 0.2) is 81.9 Å². The lowest BCUT2D eigenvalue weighted by atomic mass is 9.53. The topological polar surface area (TPSA) is 324 Å². The molecule has 2 bridgehead atoms. The molecule has 25 nitrogen and oxygen atoms in total. The first-order chi connectivity index (χ1) is 53.0. The van der Waals surface area contributed by atoms with Gasteiger partial charge in [-0.25, -0.2) is 9.59 Å². The molecule has 8 rings (SSSR count). The summed E-state index contributed by atoms with van der Waals surface area (Å²) in [7, 11) is 10.1. The molecule has 0 unspecified atom stereocenters. The maximum atomic E-state index is 14.9. The van der Waals surface area contributed by atoms with Gasteiger partial charge < -0.3 is 72.7 Å². The summed E-state index contributed by atoms with van der Waals surface area (Å²) in [6.07, 6.45) is 15.1. The number of carbonyl (C=O) groups excluding carboxylic acids is 10. The van der Waals surface area contributed by atoms with Crippen LogP contribution in [-0.2, 0) is 90.6 Å². The van der Waals surface area contributed by atoms with Crippen molar-refractivity contribution in [2.24, 2.45) is 52.3 Å². The fourth-order valence-electron chi connectivity index (χ4n) is 18.7. The second-order valence-electron chi connectivity index (χ2n) is 34.1. The molecule has 0 aromatic rings. The zero-order chi connectivity index (χ0) is 82.3. The monoisotopic (exact) mass is 1570 g/mol. The fourth-order valence-corrected chi connectivity index (χ4v) is 18.7. The molecule has 1 amide bonds. The van der Waals surface area contributed by atoms with Crippen LogP contribution in [0.5, 0.6) is 0 Å². The number of hydrogen-bond acceptors (Lipinski definition) is 24. The average molecular weight is 1570 g/mol. The number of allylic oxidation sites excluding steroid dienone is 7. The Labute approximate surface area is 663 Å². The molecule has 2 saturated carbocycles. The highest BCUT2D eigenvalue weighted by atomic mass is 16.6. The van der Waals surface area contributed by atoms with E-state index in [-0.39, 0.29) is 104 Å². The lowest BCUT2D eigenvalue weighted by Gasteiger charge is -2.54. The van der Waals surface area contributed by atoms with Crippen LogP contribution in [0.4, 0.5) is 0 Å². The zero-order valence-electron chi connectivity index (χ0n) is 69.4. The number of aliphatic hydroxyl groups is 3. The van der Waals surface area contributed by atoms with E-state index in [1.165, 1.54) is 26.0 Å². The van der Waals surface area contributed by atoms with E-state index in [4.69, 9.17) is 42.6 Å². The summed E-state index contributed by atoms with van der Waals surface area (Å²) in [6.45, 7) is 18.9. The van der Waals surface area contributed by atoms with Crippen LogP contribution in [0.3, 0.4) is 0 Å². The van der Waals surface area contributed by atoms with Crippen LogP contribution in [-0.4, -0.2) is 224 Å². The van der Waals surface area contributed by atoms with Crippen molar-refractivity contribution >= 4 is 58.9 Å². The van der Waals surface area contributed by atoms with Crippen molar-refractivity contribution in [3.05, 3.63) is 81.9 Å². The Morgan fingerprint density at radius 2 is 1.46 bits per heavy atom. The molecule has 0 radical (unpaired) electrons. The van der Waals surface area contributed by atoms with Gasteiger partial charge in [0.25, 0.3) is 11.7 Å². The number of methoxy groups -OCH3 is 3. The summed E-state index contributed by atoms with van der Waals surface area (Å²) < 4.78 is 54.3. The number of fused-ring (bicyclic) bond motifs is 7. The normalized spacial score (nSPS) is 35.9. The number of piperidine rings is 1. The van der Waals surface area contributed by atoms with Gasteiger partial charge in [-0.2, -0.15) is 0 Å². The molecule has 624 valence electrons. The van der Waals surface area contributed by atoms with Crippen LogP contribution < -0.4 is 0 Å². The molecule has 8 aliphatic rings. The Morgan fingerprint density at radius 1 is 0.768 bits per heavy atom. The van der Waals surface area contributed by atoms with Gasteiger partial charge in [-0.3, -0.25) is 38.4 Å². The number of amides is 1. The zero-order valence-corrected chi connectivity index (χ0v) is 69.4. The first-order valence-corrected chi connectivity index (χ1v) is 41.0. The Hall–Kier alpha value is -7.00. The molecular formula is C87H129N3O22. The molecule has 0 aromatic carbocycles. The minimum absolute atomic E-state index is 0.0221. The van der Waals surface area contributed by atoms with E-state index in [2.05, 4.69) is 0 Å². The highest BCUT2D eigenvalue weighted by Gasteiger charge is 2.65. The molecule has 3 saturated heterocycles. The van der Waals surface area contributed by atoms with E-state index >= 15 is 0 Å². The SMILES string of the molecule is COC[C@H]1OC(=O)/C(=C\N(C)CCCN(C)C)C2=C(O)C(=O)C3=C([C@H](OC(C)=O)C[C@]4(C)[C@@H](OC(=O)CCCCCCC(=O)OC5CCC(C[C@@H](C)[C@@H]6CC(=O)[C@H](C)/C=C(\C)[C@@H](O)[C@@H](OC)C(=O)[C@H](C)C[C@H](C)/C=C/C=C/C=C(\C)[C@@H](OC)C[C@@H]7CC[C@@H](C)[C@@](O)(O7)C(=O)C(=O)N7CCCC[C@H]7C(=O)O6)CC5)CC[C@@H]34)[C@]21C. The van der Waals surface area contributed by atoms with E-state index in [9.17, 15) is 63.3 Å². The van der Waals surface area contributed by atoms with Crippen molar-refractivity contribution in [1.29, 1.82) is 0 Å². The maximum Gasteiger partial charge on any atom is 0.340 e. The van der Waals surface area contributed by atoms with Gasteiger partial charge in [-0.05, 0) is 191 Å². The molecule has 4 heterocycles. The second-order valence-corrected chi connectivity index (χ2v) is 34.1. The largest absolute Gasteiger partial charge is 0.504 e. The van der Waals surface area contributed by atoms with Crippen LogP contribution in [0, 0.1) is 52.3 Å². The predicted octanol–water partition coefficient (Wildman–Crippen LogP) is 11.1. The van der Waals surface area contributed by atoms with Gasteiger partial charge in [0, 0.05) is 115 Å². The van der Waals surface area contributed by atoms with Gasteiger partial charge in [0.2, 0.25) is 11.6 Å². The molecule has 0 aromatic heterocycles. The number of ketones is 4. The molecule has 4 aliphatic carbocycles. The molecule has 112 heavy (non-hydrogen) atoms. The maximum absolute atomic E-state index is 14.9. The van der Waals surface area contributed by atoms with Crippen molar-refractivity contribution in [3.63, 3.8) is 0 Å². The number of aliphatic hydroxyl groups excluding tert-OH is 2. The lowest BCUT2D eigenvalue weighted by molar-refractivity contribution is -0.265. The number of esters is 5. The third kappa shape index (κ3) is 21.7. The van der Waals surface area contributed by atoms with Gasteiger partial charge in [0.1, 0.15) is 54.6 Å². The smallest absolute Gasteiger partial charge is 0.340 e. The fraction of sp³-hybridized carbons (Fsp3) is 0.724. The third-order valence-corrected chi connectivity index (χ3v) is 25.3. The minimum Gasteiger partial charge on any atom is -0.504 e. The Morgan fingerprint density at radius 3 is 2.11 bits per heavy atom. The molecule has 0 spiro atoms. The van der Waals surface area contributed by atoms with Crippen LogP contribution in [0.2, 0.25) is 0 Å². The third-order valence-electron chi connectivity index (χ3n) is 25.3. The summed E-state index contributed by atoms with van der Waals surface area (Å²) in [5.41, 5.74) is -0.207. The highest BCUT2D eigenvalue weighted by molar-refractivity contribution is 6.39. The van der Waals surface area contributed by atoms with Gasteiger partial charge in [0.15, 0.2) is 11.5 Å². The van der Waals surface area contributed by atoms with Gasteiger partial charge >= 0.3 is 29.8 Å². The average Bonchev–Trinajstić information content (AvgIpc) is 1.20. The number of carbonyl (C=O) groups is 10. The van der Waals surface area contributed by atoms with Gasteiger partial charge in [-0.1, -0.05) is 90.8 Å². The molecular weight excluding hydrogens is 1440 g/mol. The summed E-state index contributed by atoms with van der Waals surface area (Å²) in [4.78, 5) is 146. The van der Waals surface area contributed by atoms with E-state index in [0.29, 0.717) is 120 Å². The van der Waals surface area contributed by atoms with Gasteiger partial charge in [0.05, 0.1) is 29.8 Å². The molecule has 5 fully saturated rings. The van der Waals surface area contributed by atoms with Crippen LogP contribution in [0.25, 0.3) is 0 Å². The van der Waals surface area contributed by atoms with Gasteiger partial charge in [-0.15, -0.1) is 0 Å². The van der Waals surface area contributed by atoms with Crippen molar-refractivity contribution in [1.82, 2.24) is 14.7 Å². The van der Waals surface area contributed by atoms with Crippen LogP contribution in [0.1, 0.15) is 217 Å². The number of nitrogens with zero attached hydrogens (tertiary/aromatic N) is 3. The summed E-state index contributed by atoms with van der Waals surface area (Å²) in [5, 5.41) is 35.9. The van der Waals surface area contributed by atoms with E-state index in [1.54, 1.807) is 61.1 Å². The highest BCUT2D eigenvalue weighted by Crippen LogP contribution is 2.64. The number of cyclic esters (lactones) is 2. The standard InChI is InChI=1S/C87H129N3O22/c1-51-27-20-19-21-28-52(2)66(105-15)46-61-35-32-57(7)87(103,112-61)81(99)82(100)90-42-25-24-29-64(90)84(102)109-67(47-65(92)53(3)44-56(6)77(96)80(106-16)76(95)55(5)43-51)54(4)45-59-33-36-60(37-34-59)108-71(93)30-22-17-18-23-31-72(94)110-69-39-38-63-73-75(68(107-58(8)91)48-85(63,69)9)86(10)70(50-104-14)111-83(101)62(74(86)79(98)78(73)97)49-89(13)41-26-40-88(11)12/h19-21,27-28,44,49,51,53-55,57,59-61,63-64,66-70,77,80,96,98,103H,17-18,22-26,29-43,45-48,50H2,1-16H3/b21-19+,27-20+,52-28+,56-44+,62-49-/t51-,53-,54-,55-,57-,59?,60?,61+,63+,64+,66+,67+,68-,69+,70-,77-,80+,85+,86+,87-/m1/s1. The number of Topliss-reactive ketones (excluding diaryl/α,β-unsaturated/α-hetero) is 4. The molecule has 18 atom stereocenters. The first-order valence-electron chi connectivity index (χ1n) is 41.0. The van der Waals surface area contributed by atoms with E-state index < -0.39 is 148 Å². The van der Waals surface area contributed by atoms with Crippen LogP contribution >= 0.6 is 0 Å². The van der Waals surface area contributed by atoms with E-state index in [0.717, 1.165) is 18.5 Å². The van der Waals surface area contributed by atoms with Crippen molar-refractivity contribution < 1.29 is 106 Å². The number of unbranched alkanes of at least 4 members (excludes halogenated alkanes) is 3. The summed E-state index contributed by atoms with van der Waals surface area (Å²) >= 11 is 0. The summed E-state index contributed by atoms with van der Waals surface area (Å²) in [6, 6.07) is -1.21. The minimum atomic E-state index is -2.49. The molecule has 4 aliphatic heterocycles. The quantitative estimate of drug-likeness (QED) is 0.0226. The van der Waals surface area contributed by atoms with Crippen molar-refractivity contribution in [2.45, 2.75) is 284 Å². The van der Waals surface area contributed by atoms with Crippen molar-refractivity contribution in [2.75, 3.05) is 68.7 Å². The molecule has 25 heteroatoms. The Bertz CT molecular complexity index is 3620. The second kappa shape index (κ2) is 40.5. The Balaban J connectivity index is 0.868. The molecule has 3 N–H and O–H groups in total. The predicted molar refractivity (Wildman–Crippen MR) is 417 cm³/mol. The number of rotatable bonds is 22.